The summed E-state index contributed by atoms with van der Waals surface area (Å²) in [6.07, 6.45) is 0.858. The Labute approximate surface area is 55.5 Å². The summed E-state index contributed by atoms with van der Waals surface area (Å²) < 4.78 is 0. The predicted molar refractivity (Wildman–Crippen MR) is 35.4 cm³/mol. The van der Waals surface area contributed by atoms with E-state index in [1.54, 1.807) is 0 Å². The molecule has 0 aliphatic carbocycles. The van der Waals surface area contributed by atoms with Crippen LogP contribution in [0, 0.1) is 0 Å². The van der Waals surface area contributed by atoms with Gasteiger partial charge in [0, 0.05) is 25.7 Å². The molecule has 1 aliphatic rings. The van der Waals surface area contributed by atoms with E-state index in [2.05, 4.69) is 10.6 Å². The van der Waals surface area contributed by atoms with Crippen LogP contribution in [0.25, 0.3) is 0 Å². The van der Waals surface area contributed by atoms with Crippen LogP contribution in [0.2, 0.25) is 0 Å². The largest absolute Gasteiger partial charge is 0.396 e. The van der Waals surface area contributed by atoms with Crippen molar-refractivity contribution in [3.63, 3.8) is 0 Å². The Hall–Kier alpha value is -0.120. The summed E-state index contributed by atoms with van der Waals surface area (Å²) in [5.41, 5.74) is 0. The second kappa shape index (κ2) is 3.82. The van der Waals surface area contributed by atoms with Crippen LogP contribution in [-0.4, -0.2) is 37.4 Å². The van der Waals surface area contributed by atoms with Crippen molar-refractivity contribution in [3.8, 4) is 0 Å². The van der Waals surface area contributed by atoms with Gasteiger partial charge in [0.15, 0.2) is 0 Å². The highest BCUT2D eigenvalue weighted by Gasteiger charge is 2.15. The molecule has 1 heterocycles. The molecule has 1 aliphatic heterocycles. The molecule has 3 nitrogen and oxygen atoms in total. The van der Waals surface area contributed by atoms with Crippen LogP contribution in [0.15, 0.2) is 0 Å². The van der Waals surface area contributed by atoms with Crippen molar-refractivity contribution in [3.05, 3.63) is 0 Å². The molecular weight excluding hydrogens is 116 g/mol. The maximum absolute atomic E-state index is 8.41. The fourth-order valence-corrected chi connectivity index (χ4v) is 0.773. The van der Waals surface area contributed by atoms with Gasteiger partial charge in [-0.2, -0.15) is 0 Å². The number of aliphatic hydroxyl groups excluding tert-OH is 1. The van der Waals surface area contributed by atoms with Gasteiger partial charge in [0.1, 0.15) is 0 Å². The molecule has 0 aromatic heterocycles. The summed E-state index contributed by atoms with van der Waals surface area (Å²) in [5.74, 6) is 0. The maximum Gasteiger partial charge on any atom is 0.0443 e. The molecule has 0 amide bonds. The number of hydrogen-bond acceptors (Lipinski definition) is 2. The molecule has 1 fully saturated rings. The number of nitrogens with one attached hydrogen (secondary N) is 1. The van der Waals surface area contributed by atoms with Crippen LogP contribution >= 0.6 is 0 Å². The normalized spacial score (nSPS) is 19.7. The zero-order chi connectivity index (χ0) is 6.53. The molecule has 9 heavy (non-hydrogen) atoms. The zero-order valence-corrected chi connectivity index (χ0v) is 5.51. The lowest BCUT2D eigenvalue weighted by Gasteiger charge is -2.25. The van der Waals surface area contributed by atoms with E-state index in [0.29, 0.717) is 6.04 Å². The summed E-state index contributed by atoms with van der Waals surface area (Å²) in [5, 5.41) is 15.7. The van der Waals surface area contributed by atoms with Crippen LogP contribution < -0.4 is 10.6 Å². The summed E-state index contributed by atoms with van der Waals surface area (Å²) in [7, 11) is 0. The van der Waals surface area contributed by atoms with Gasteiger partial charge in [0.25, 0.3) is 0 Å². The number of hydrogen-bond donors (Lipinski definition) is 2. The smallest absolute Gasteiger partial charge is 0.0443 e. The fourth-order valence-electron chi connectivity index (χ4n) is 0.773. The minimum Gasteiger partial charge on any atom is -0.396 e. The molecular formula is C6H13N2O. The molecule has 0 spiro atoms. The lowest BCUT2D eigenvalue weighted by Crippen LogP contribution is -2.51. The molecule has 1 radical (unpaired) electrons. The summed E-state index contributed by atoms with van der Waals surface area (Å²) >= 11 is 0. The molecule has 2 N–H and O–H groups in total. The molecule has 0 atom stereocenters. The third-order valence-electron chi connectivity index (χ3n) is 1.47. The van der Waals surface area contributed by atoms with E-state index < -0.39 is 0 Å². The highest BCUT2D eigenvalue weighted by atomic mass is 16.3. The number of aliphatic hydroxyl groups is 1. The third-order valence-corrected chi connectivity index (χ3v) is 1.47. The lowest BCUT2D eigenvalue weighted by atomic mass is 10.2. The first-order valence-electron chi connectivity index (χ1n) is 3.41. The average Bonchev–Trinajstić information content (AvgIpc) is 1.76. The first-order valence-corrected chi connectivity index (χ1v) is 3.41. The molecule has 1 saturated heterocycles. The van der Waals surface area contributed by atoms with Crippen LogP contribution in [-0.2, 0) is 0 Å². The van der Waals surface area contributed by atoms with Gasteiger partial charge < -0.3 is 10.4 Å². The predicted octanol–water partition coefficient (Wildman–Crippen LogP) is -1.05. The first kappa shape index (κ1) is 6.99. The van der Waals surface area contributed by atoms with Crippen molar-refractivity contribution in [2.24, 2.45) is 0 Å². The summed E-state index contributed by atoms with van der Waals surface area (Å²) in [6, 6.07) is 0.608. The molecule has 0 unspecified atom stereocenters. The van der Waals surface area contributed by atoms with E-state index in [1.807, 2.05) is 0 Å². The highest BCUT2D eigenvalue weighted by molar-refractivity contribution is 4.80. The van der Waals surface area contributed by atoms with Gasteiger partial charge in [-0.25, -0.2) is 5.32 Å². The van der Waals surface area contributed by atoms with Gasteiger partial charge in [-0.1, -0.05) is 0 Å². The average molecular weight is 129 g/mol. The molecule has 53 valence electrons. The van der Waals surface area contributed by atoms with Gasteiger partial charge in [-0.05, 0) is 13.0 Å². The van der Waals surface area contributed by atoms with E-state index in [9.17, 15) is 0 Å². The van der Waals surface area contributed by atoms with Crippen molar-refractivity contribution < 1.29 is 5.11 Å². The highest BCUT2D eigenvalue weighted by Crippen LogP contribution is 1.91. The first-order chi connectivity index (χ1) is 4.43. The fraction of sp³-hybridized carbons (Fsp3) is 1.00. The SMILES string of the molecule is OCCCNC1C[N]C1. The lowest BCUT2D eigenvalue weighted by molar-refractivity contribution is 0.275. The van der Waals surface area contributed by atoms with Crippen LogP contribution in [0.3, 0.4) is 0 Å². The maximum atomic E-state index is 8.41. The van der Waals surface area contributed by atoms with E-state index in [0.717, 1.165) is 26.1 Å². The molecule has 3 heteroatoms. The Morgan fingerprint density at radius 2 is 2.33 bits per heavy atom. The Kier molecular flexibility index (Phi) is 2.97. The van der Waals surface area contributed by atoms with Crippen LogP contribution in [0.1, 0.15) is 6.42 Å². The zero-order valence-electron chi connectivity index (χ0n) is 5.51. The molecule has 0 aromatic carbocycles. The Morgan fingerprint density at radius 3 is 2.78 bits per heavy atom. The van der Waals surface area contributed by atoms with Crippen molar-refractivity contribution in [2.75, 3.05) is 26.2 Å². The van der Waals surface area contributed by atoms with Crippen molar-refractivity contribution in [1.82, 2.24) is 10.6 Å². The number of nitrogens with zero attached hydrogens (tertiary/aromatic N) is 1. The number of rotatable bonds is 4. The monoisotopic (exact) mass is 129 g/mol. The third kappa shape index (κ3) is 2.30. The standard InChI is InChI=1S/C6H13N2O/c9-3-1-2-8-6-4-7-5-6/h6,8-9H,1-5H2. The van der Waals surface area contributed by atoms with Crippen molar-refractivity contribution >= 4 is 0 Å². The topological polar surface area (TPSA) is 46.4 Å². The molecule has 0 aromatic rings. The van der Waals surface area contributed by atoms with Gasteiger partial charge >= 0.3 is 0 Å². The minimum absolute atomic E-state index is 0.289. The van der Waals surface area contributed by atoms with E-state index in [4.69, 9.17) is 5.11 Å². The summed E-state index contributed by atoms with van der Waals surface area (Å²) in [6.45, 7) is 3.14. The Balaban J connectivity index is 1.80. The van der Waals surface area contributed by atoms with Gasteiger partial charge in [0.2, 0.25) is 0 Å². The Bertz CT molecular complexity index is 73.5. The second-order valence-corrected chi connectivity index (χ2v) is 2.32. The summed E-state index contributed by atoms with van der Waals surface area (Å²) in [4.78, 5) is 0. The van der Waals surface area contributed by atoms with E-state index in [-0.39, 0.29) is 6.61 Å². The van der Waals surface area contributed by atoms with E-state index in [1.165, 1.54) is 0 Å². The van der Waals surface area contributed by atoms with Crippen LogP contribution in [0.4, 0.5) is 0 Å². The quantitative estimate of drug-likeness (QED) is 0.475. The molecule has 0 saturated carbocycles. The van der Waals surface area contributed by atoms with Gasteiger partial charge in [0.05, 0.1) is 0 Å². The van der Waals surface area contributed by atoms with Crippen molar-refractivity contribution in [2.45, 2.75) is 12.5 Å². The molecule has 0 bridgehead atoms. The minimum atomic E-state index is 0.289. The Morgan fingerprint density at radius 1 is 1.56 bits per heavy atom. The van der Waals surface area contributed by atoms with Gasteiger partial charge in [-0.3, -0.25) is 0 Å². The molecule has 1 rings (SSSR count). The van der Waals surface area contributed by atoms with Gasteiger partial charge in [-0.15, -0.1) is 0 Å². The van der Waals surface area contributed by atoms with Crippen LogP contribution in [0.5, 0.6) is 0 Å². The van der Waals surface area contributed by atoms with E-state index >= 15 is 0 Å². The van der Waals surface area contributed by atoms with Crippen molar-refractivity contribution in [1.29, 1.82) is 0 Å². The second-order valence-electron chi connectivity index (χ2n) is 2.32.